The fraction of sp³-hybridized carbons (Fsp3) is 0.889. The molecule has 4 nitrogen and oxygen atoms in total. The number of carbonyl (C=O) groups excluding carboxylic acids is 2. The molecule has 2 amide bonds. The molecule has 0 saturated carbocycles. The summed E-state index contributed by atoms with van der Waals surface area (Å²) < 4.78 is 0. The largest absolute Gasteiger partial charge is 0.336 e. The second-order valence-corrected chi connectivity index (χ2v) is 6.19. The minimum absolute atomic E-state index is 0.0345. The first-order valence-electron chi connectivity index (χ1n) is 9.18. The van der Waals surface area contributed by atoms with Crippen LogP contribution in [0.3, 0.4) is 0 Å². The van der Waals surface area contributed by atoms with Crippen LogP contribution in [0.5, 0.6) is 0 Å². The fourth-order valence-electron chi connectivity index (χ4n) is 2.44. The Kier molecular flexibility index (Phi) is 14.1. The maximum atomic E-state index is 11.7. The number of amides is 2. The minimum atomic E-state index is -0.272. The van der Waals surface area contributed by atoms with Crippen molar-refractivity contribution < 1.29 is 9.59 Å². The lowest BCUT2D eigenvalue weighted by Crippen LogP contribution is -2.45. The number of hydrogen-bond donors (Lipinski definition) is 2. The van der Waals surface area contributed by atoms with E-state index in [-0.39, 0.29) is 18.0 Å². The molecular formula is C18H36N2O2. The molecule has 0 rings (SSSR count). The van der Waals surface area contributed by atoms with Crippen LogP contribution in [0.2, 0.25) is 0 Å². The standard InChI is InChI=1S/C18H36N2O2/c1-4-6-8-10-12-14-17(21)19-16(3)20-18(22)15-13-11-9-7-5-2/h16H,4-15H2,1-3H3,(H,19,21)(H,20,22). The Morgan fingerprint density at radius 1 is 0.682 bits per heavy atom. The van der Waals surface area contributed by atoms with Gasteiger partial charge in [0, 0.05) is 12.8 Å². The van der Waals surface area contributed by atoms with Crippen LogP contribution in [0.15, 0.2) is 0 Å². The van der Waals surface area contributed by atoms with Gasteiger partial charge in [-0.2, -0.15) is 0 Å². The van der Waals surface area contributed by atoms with Crippen LogP contribution in [0.4, 0.5) is 0 Å². The normalized spacial score (nSPS) is 10.7. The number of unbranched alkanes of at least 4 members (excludes halogenated alkanes) is 8. The van der Waals surface area contributed by atoms with E-state index in [4.69, 9.17) is 0 Å². The molecule has 22 heavy (non-hydrogen) atoms. The van der Waals surface area contributed by atoms with Gasteiger partial charge in [-0.15, -0.1) is 0 Å². The molecule has 2 N–H and O–H groups in total. The summed E-state index contributed by atoms with van der Waals surface area (Å²) in [5.41, 5.74) is 0. The first-order chi connectivity index (χ1) is 10.6. The van der Waals surface area contributed by atoms with Gasteiger partial charge in [0.1, 0.15) is 0 Å². The third-order valence-electron chi connectivity index (χ3n) is 3.77. The van der Waals surface area contributed by atoms with Crippen molar-refractivity contribution >= 4 is 11.8 Å². The zero-order valence-corrected chi connectivity index (χ0v) is 14.9. The maximum Gasteiger partial charge on any atom is 0.221 e. The molecule has 0 atom stereocenters. The molecule has 0 aliphatic heterocycles. The van der Waals surface area contributed by atoms with E-state index in [1.807, 2.05) is 6.92 Å². The number of carbonyl (C=O) groups is 2. The molecule has 0 aromatic carbocycles. The zero-order valence-electron chi connectivity index (χ0n) is 14.9. The molecule has 0 aromatic heterocycles. The Morgan fingerprint density at radius 2 is 1.05 bits per heavy atom. The molecule has 0 saturated heterocycles. The van der Waals surface area contributed by atoms with Gasteiger partial charge in [0.05, 0.1) is 6.17 Å². The lowest BCUT2D eigenvalue weighted by molar-refractivity contribution is -0.124. The van der Waals surface area contributed by atoms with Crippen molar-refractivity contribution in [2.75, 3.05) is 0 Å². The van der Waals surface area contributed by atoms with E-state index < -0.39 is 0 Å². The van der Waals surface area contributed by atoms with Gasteiger partial charge in [-0.1, -0.05) is 65.2 Å². The van der Waals surface area contributed by atoms with Crippen molar-refractivity contribution in [1.29, 1.82) is 0 Å². The summed E-state index contributed by atoms with van der Waals surface area (Å²) >= 11 is 0. The molecule has 4 heteroatoms. The van der Waals surface area contributed by atoms with Crippen LogP contribution in [0, 0.1) is 0 Å². The quantitative estimate of drug-likeness (QED) is 0.371. The molecule has 0 bridgehead atoms. The van der Waals surface area contributed by atoms with E-state index in [9.17, 15) is 9.59 Å². The highest BCUT2D eigenvalue weighted by atomic mass is 16.2. The van der Waals surface area contributed by atoms with Gasteiger partial charge < -0.3 is 10.6 Å². The third-order valence-corrected chi connectivity index (χ3v) is 3.77. The number of nitrogens with one attached hydrogen (secondary N) is 2. The summed E-state index contributed by atoms with van der Waals surface area (Å²) in [5.74, 6) is 0.0690. The molecular weight excluding hydrogens is 276 g/mol. The Hall–Kier alpha value is -1.06. The van der Waals surface area contributed by atoms with Crippen molar-refractivity contribution in [1.82, 2.24) is 10.6 Å². The zero-order chi connectivity index (χ0) is 16.6. The van der Waals surface area contributed by atoms with Gasteiger partial charge in [0.2, 0.25) is 11.8 Å². The average Bonchev–Trinajstić information content (AvgIpc) is 2.46. The minimum Gasteiger partial charge on any atom is -0.336 e. The summed E-state index contributed by atoms with van der Waals surface area (Å²) in [5, 5.41) is 5.68. The molecule has 0 spiro atoms. The van der Waals surface area contributed by atoms with Crippen molar-refractivity contribution in [2.45, 2.75) is 104 Å². The van der Waals surface area contributed by atoms with E-state index >= 15 is 0 Å². The molecule has 0 radical (unpaired) electrons. The second-order valence-electron chi connectivity index (χ2n) is 6.19. The Labute approximate surface area is 136 Å². The number of hydrogen-bond acceptors (Lipinski definition) is 2. The van der Waals surface area contributed by atoms with Crippen LogP contribution in [-0.2, 0) is 9.59 Å². The molecule has 0 heterocycles. The van der Waals surface area contributed by atoms with Crippen molar-refractivity contribution in [3.05, 3.63) is 0 Å². The van der Waals surface area contributed by atoms with Crippen LogP contribution in [-0.4, -0.2) is 18.0 Å². The van der Waals surface area contributed by atoms with Gasteiger partial charge >= 0.3 is 0 Å². The van der Waals surface area contributed by atoms with E-state index in [0.717, 1.165) is 25.7 Å². The molecule has 0 aliphatic carbocycles. The van der Waals surface area contributed by atoms with Gasteiger partial charge in [-0.3, -0.25) is 9.59 Å². The van der Waals surface area contributed by atoms with Gasteiger partial charge in [0.15, 0.2) is 0 Å². The number of rotatable bonds is 14. The summed E-state index contributed by atoms with van der Waals surface area (Å²) in [7, 11) is 0. The summed E-state index contributed by atoms with van der Waals surface area (Å²) in [6, 6.07) is 0. The van der Waals surface area contributed by atoms with E-state index in [1.165, 1.54) is 38.5 Å². The monoisotopic (exact) mass is 312 g/mol. The average molecular weight is 312 g/mol. The topological polar surface area (TPSA) is 58.2 Å². The van der Waals surface area contributed by atoms with Crippen LogP contribution < -0.4 is 10.6 Å². The van der Waals surface area contributed by atoms with Gasteiger partial charge in [-0.25, -0.2) is 0 Å². The lowest BCUT2D eigenvalue weighted by Gasteiger charge is -2.15. The summed E-state index contributed by atoms with van der Waals surface area (Å²) in [4.78, 5) is 23.5. The Morgan fingerprint density at radius 3 is 1.41 bits per heavy atom. The second kappa shape index (κ2) is 14.9. The van der Waals surface area contributed by atoms with Crippen LogP contribution in [0.1, 0.15) is 97.8 Å². The first kappa shape index (κ1) is 20.9. The predicted octanol–water partition coefficient (Wildman–Crippen LogP) is 4.29. The molecule has 0 fully saturated rings. The van der Waals surface area contributed by atoms with Crippen molar-refractivity contribution in [3.63, 3.8) is 0 Å². The van der Waals surface area contributed by atoms with Crippen LogP contribution >= 0.6 is 0 Å². The molecule has 0 aliphatic rings. The van der Waals surface area contributed by atoms with E-state index in [0.29, 0.717) is 12.8 Å². The van der Waals surface area contributed by atoms with Gasteiger partial charge in [-0.05, 0) is 19.8 Å². The SMILES string of the molecule is CCCCCCCC(=O)NC(C)NC(=O)CCCCCCC. The summed E-state index contributed by atoms with van der Waals surface area (Å²) in [6.45, 7) is 6.19. The van der Waals surface area contributed by atoms with E-state index in [1.54, 1.807) is 0 Å². The smallest absolute Gasteiger partial charge is 0.221 e. The first-order valence-corrected chi connectivity index (χ1v) is 9.18. The molecule has 0 unspecified atom stereocenters. The van der Waals surface area contributed by atoms with Crippen LogP contribution in [0.25, 0.3) is 0 Å². The van der Waals surface area contributed by atoms with Gasteiger partial charge in [0.25, 0.3) is 0 Å². The highest BCUT2D eigenvalue weighted by molar-refractivity contribution is 5.79. The molecule has 130 valence electrons. The third kappa shape index (κ3) is 13.9. The molecule has 0 aromatic rings. The van der Waals surface area contributed by atoms with E-state index in [2.05, 4.69) is 24.5 Å². The fourth-order valence-corrected chi connectivity index (χ4v) is 2.44. The highest BCUT2D eigenvalue weighted by Crippen LogP contribution is 2.06. The maximum absolute atomic E-state index is 11.7. The van der Waals surface area contributed by atoms with Crippen molar-refractivity contribution in [2.24, 2.45) is 0 Å². The predicted molar refractivity (Wildman–Crippen MR) is 92.5 cm³/mol. The highest BCUT2D eigenvalue weighted by Gasteiger charge is 2.09. The summed E-state index contributed by atoms with van der Waals surface area (Å²) in [6.07, 6.45) is 12.3. The Bertz CT molecular complexity index is 265. The Balaban J connectivity index is 3.58. The van der Waals surface area contributed by atoms with Crippen molar-refractivity contribution in [3.8, 4) is 0 Å². The lowest BCUT2D eigenvalue weighted by atomic mass is 10.1.